The summed E-state index contributed by atoms with van der Waals surface area (Å²) in [4.78, 5) is 12.4. The number of aliphatic hydroxyl groups is 2. The number of aliphatic hydroxyl groups excluding tert-OH is 1. The van der Waals surface area contributed by atoms with Crippen LogP contribution in [0, 0.1) is 5.41 Å². The van der Waals surface area contributed by atoms with Crippen molar-refractivity contribution in [1.82, 2.24) is 5.32 Å². The lowest BCUT2D eigenvalue weighted by atomic mass is 9.73. The molecule has 0 heterocycles. The Morgan fingerprint density at radius 1 is 1.28 bits per heavy atom. The van der Waals surface area contributed by atoms with Gasteiger partial charge in [-0.1, -0.05) is 38.0 Å². The second-order valence-corrected chi connectivity index (χ2v) is 7.21. The van der Waals surface area contributed by atoms with Gasteiger partial charge in [0.15, 0.2) is 5.60 Å². The van der Waals surface area contributed by atoms with Crippen LogP contribution in [0.15, 0.2) is 24.3 Å². The number of rotatable bonds is 4. The van der Waals surface area contributed by atoms with Crippen LogP contribution in [0.3, 0.4) is 0 Å². The van der Waals surface area contributed by atoms with Gasteiger partial charge in [-0.15, -0.1) is 0 Å². The van der Waals surface area contributed by atoms with Crippen molar-refractivity contribution in [2.75, 3.05) is 6.54 Å². The predicted octanol–water partition coefficient (Wildman–Crippen LogP) is 2.97. The molecular formula is C18H24F3NO3. The van der Waals surface area contributed by atoms with Gasteiger partial charge < -0.3 is 15.5 Å². The number of carbonyl (C=O) groups excluding carboxylic acids is 1. The summed E-state index contributed by atoms with van der Waals surface area (Å²) in [5.41, 5.74) is -4.41. The Bertz CT molecular complexity index is 630. The lowest BCUT2D eigenvalue weighted by Crippen LogP contribution is -2.50. The van der Waals surface area contributed by atoms with Gasteiger partial charge in [0.25, 0.3) is 5.91 Å². The molecule has 0 radical (unpaired) electrons. The van der Waals surface area contributed by atoms with Gasteiger partial charge in [0.1, 0.15) is 0 Å². The van der Waals surface area contributed by atoms with Crippen molar-refractivity contribution in [3.05, 3.63) is 35.4 Å². The zero-order valence-corrected chi connectivity index (χ0v) is 14.4. The van der Waals surface area contributed by atoms with Crippen LogP contribution in [0.1, 0.15) is 50.7 Å². The largest absolute Gasteiger partial charge is 0.416 e. The average Bonchev–Trinajstić information content (AvgIpc) is 2.55. The van der Waals surface area contributed by atoms with Gasteiger partial charge in [0.05, 0.1) is 11.7 Å². The Labute approximate surface area is 145 Å². The molecule has 0 bridgehead atoms. The van der Waals surface area contributed by atoms with Gasteiger partial charge in [-0.3, -0.25) is 4.79 Å². The fourth-order valence-electron chi connectivity index (χ4n) is 3.32. The summed E-state index contributed by atoms with van der Waals surface area (Å²) in [6.07, 6.45) is -2.12. The molecule has 0 unspecified atom stereocenters. The molecular weight excluding hydrogens is 335 g/mol. The van der Waals surface area contributed by atoms with Gasteiger partial charge in [0, 0.05) is 17.5 Å². The van der Waals surface area contributed by atoms with E-state index in [0.29, 0.717) is 12.8 Å². The minimum Gasteiger partial charge on any atom is -0.392 e. The standard InChI is InChI=1S/C18H24F3NO3/c1-16(10-6-5-9-14(16)23)11-22-15(24)17(2,25)12-7-3-4-8-13(12)18(19,20)21/h3-4,7-8,14,23,25H,5-6,9-11H2,1-2H3,(H,22,24)/t14-,16-,17-/m1/s1. The molecule has 1 saturated carbocycles. The SMILES string of the molecule is C[C@]1(CNC(=O)[C@](C)(O)c2ccccc2C(F)(F)F)CCCC[C@H]1O. The number of nitrogens with one attached hydrogen (secondary N) is 1. The molecule has 7 heteroatoms. The molecule has 0 aromatic heterocycles. The molecule has 0 saturated heterocycles. The normalized spacial score (nSPS) is 26.8. The molecule has 4 nitrogen and oxygen atoms in total. The summed E-state index contributed by atoms with van der Waals surface area (Å²) in [5, 5.41) is 23.2. The third-order valence-corrected chi connectivity index (χ3v) is 5.13. The molecule has 0 aliphatic heterocycles. The maximum absolute atomic E-state index is 13.2. The average molecular weight is 359 g/mol. The number of benzene rings is 1. The van der Waals surface area contributed by atoms with Crippen molar-refractivity contribution >= 4 is 5.91 Å². The molecule has 1 fully saturated rings. The van der Waals surface area contributed by atoms with E-state index in [1.807, 2.05) is 6.92 Å². The number of amides is 1. The van der Waals surface area contributed by atoms with E-state index in [2.05, 4.69) is 5.32 Å². The summed E-state index contributed by atoms with van der Waals surface area (Å²) in [6, 6.07) is 4.49. The van der Waals surface area contributed by atoms with E-state index in [4.69, 9.17) is 0 Å². The first kappa shape index (κ1) is 19.7. The Morgan fingerprint density at radius 2 is 1.88 bits per heavy atom. The Hall–Kier alpha value is -1.60. The summed E-state index contributed by atoms with van der Waals surface area (Å²) in [5.74, 6) is -0.914. The maximum Gasteiger partial charge on any atom is 0.416 e. The molecule has 3 N–H and O–H groups in total. The number of carbonyl (C=O) groups is 1. The van der Waals surface area contributed by atoms with Crippen LogP contribution in [-0.4, -0.2) is 28.8 Å². The summed E-state index contributed by atoms with van der Waals surface area (Å²) >= 11 is 0. The van der Waals surface area contributed by atoms with Crippen LogP contribution in [0.25, 0.3) is 0 Å². The zero-order chi connectivity index (χ0) is 18.9. The van der Waals surface area contributed by atoms with Gasteiger partial charge in [-0.05, 0) is 25.8 Å². The Morgan fingerprint density at radius 3 is 2.44 bits per heavy atom. The van der Waals surface area contributed by atoms with E-state index in [9.17, 15) is 28.2 Å². The molecule has 1 aromatic rings. The number of hydrogen-bond acceptors (Lipinski definition) is 3. The number of hydrogen-bond donors (Lipinski definition) is 3. The first-order valence-electron chi connectivity index (χ1n) is 8.34. The Kier molecular flexibility index (Phi) is 5.49. The minimum atomic E-state index is -4.67. The van der Waals surface area contributed by atoms with Crippen LogP contribution in [0.4, 0.5) is 13.2 Å². The quantitative estimate of drug-likeness (QED) is 0.774. The summed E-state index contributed by atoms with van der Waals surface area (Å²) in [7, 11) is 0. The first-order chi connectivity index (χ1) is 11.5. The zero-order valence-electron chi connectivity index (χ0n) is 14.4. The lowest BCUT2D eigenvalue weighted by Gasteiger charge is -2.39. The molecule has 0 spiro atoms. The molecule has 1 aliphatic carbocycles. The lowest BCUT2D eigenvalue weighted by molar-refractivity contribution is -0.146. The van der Waals surface area contributed by atoms with Crippen molar-refractivity contribution in [2.45, 2.75) is 57.4 Å². The molecule has 1 amide bonds. The third-order valence-electron chi connectivity index (χ3n) is 5.13. The topological polar surface area (TPSA) is 69.6 Å². The van der Waals surface area contributed by atoms with E-state index in [1.165, 1.54) is 12.1 Å². The highest BCUT2D eigenvalue weighted by molar-refractivity contribution is 5.86. The van der Waals surface area contributed by atoms with Crippen LogP contribution >= 0.6 is 0 Å². The van der Waals surface area contributed by atoms with Crippen molar-refractivity contribution in [3.63, 3.8) is 0 Å². The third kappa shape index (κ3) is 4.15. The molecule has 1 aliphatic rings. The van der Waals surface area contributed by atoms with E-state index in [-0.39, 0.29) is 6.54 Å². The van der Waals surface area contributed by atoms with Gasteiger partial charge in [0.2, 0.25) is 0 Å². The molecule has 140 valence electrons. The highest BCUT2D eigenvalue weighted by atomic mass is 19.4. The van der Waals surface area contributed by atoms with E-state index >= 15 is 0 Å². The Balaban J connectivity index is 2.18. The van der Waals surface area contributed by atoms with Gasteiger partial charge in [-0.25, -0.2) is 0 Å². The fraction of sp³-hybridized carbons (Fsp3) is 0.611. The molecule has 3 atom stereocenters. The van der Waals surface area contributed by atoms with Crippen LogP contribution in [0.5, 0.6) is 0 Å². The maximum atomic E-state index is 13.2. The molecule has 25 heavy (non-hydrogen) atoms. The summed E-state index contributed by atoms with van der Waals surface area (Å²) < 4.78 is 39.5. The van der Waals surface area contributed by atoms with Gasteiger partial charge in [-0.2, -0.15) is 13.2 Å². The summed E-state index contributed by atoms with van der Waals surface area (Å²) in [6.45, 7) is 2.97. The van der Waals surface area contributed by atoms with Crippen molar-refractivity contribution in [2.24, 2.45) is 5.41 Å². The van der Waals surface area contributed by atoms with Gasteiger partial charge >= 0.3 is 6.18 Å². The van der Waals surface area contributed by atoms with Crippen molar-refractivity contribution in [3.8, 4) is 0 Å². The predicted molar refractivity (Wildman–Crippen MR) is 86.6 cm³/mol. The monoisotopic (exact) mass is 359 g/mol. The van der Waals surface area contributed by atoms with Crippen LogP contribution in [0.2, 0.25) is 0 Å². The van der Waals surface area contributed by atoms with Crippen molar-refractivity contribution in [1.29, 1.82) is 0 Å². The van der Waals surface area contributed by atoms with Crippen molar-refractivity contribution < 1.29 is 28.2 Å². The number of halogens is 3. The van der Waals surface area contributed by atoms with Crippen LogP contribution < -0.4 is 5.32 Å². The highest BCUT2D eigenvalue weighted by Gasteiger charge is 2.43. The number of alkyl halides is 3. The fourth-order valence-corrected chi connectivity index (χ4v) is 3.32. The second-order valence-electron chi connectivity index (χ2n) is 7.21. The smallest absolute Gasteiger partial charge is 0.392 e. The minimum absolute atomic E-state index is 0.0946. The molecule has 2 rings (SSSR count). The highest BCUT2D eigenvalue weighted by Crippen LogP contribution is 2.38. The molecule has 1 aromatic carbocycles. The van der Waals surface area contributed by atoms with E-state index in [0.717, 1.165) is 31.9 Å². The van der Waals surface area contributed by atoms with E-state index < -0.39 is 40.3 Å². The van der Waals surface area contributed by atoms with Crippen LogP contribution in [-0.2, 0) is 16.6 Å². The second kappa shape index (κ2) is 6.96. The van der Waals surface area contributed by atoms with E-state index in [1.54, 1.807) is 0 Å². The first-order valence-corrected chi connectivity index (χ1v) is 8.34.